The molecule has 0 saturated heterocycles. The molecule has 1 rings (SSSR count). The van der Waals surface area contributed by atoms with Crippen molar-refractivity contribution in [3.05, 3.63) is 28.8 Å². The van der Waals surface area contributed by atoms with E-state index in [1.165, 1.54) is 0 Å². The van der Waals surface area contributed by atoms with Gasteiger partial charge in [0.05, 0.1) is 7.11 Å². The number of ether oxygens (including phenoxy) is 1. The zero-order valence-corrected chi connectivity index (χ0v) is 10.8. The van der Waals surface area contributed by atoms with Crippen molar-refractivity contribution in [2.45, 2.75) is 32.6 Å². The lowest BCUT2D eigenvalue weighted by Crippen LogP contribution is -1.97. The molecular formula is C14H17ClO. The Morgan fingerprint density at radius 3 is 2.75 bits per heavy atom. The van der Waals surface area contributed by atoms with Gasteiger partial charge in [-0.05, 0) is 29.7 Å². The second-order valence-electron chi connectivity index (χ2n) is 3.70. The van der Waals surface area contributed by atoms with Crippen molar-refractivity contribution in [3.63, 3.8) is 0 Å². The van der Waals surface area contributed by atoms with E-state index >= 15 is 0 Å². The smallest absolute Gasteiger partial charge is 0.122 e. The first-order valence-corrected chi connectivity index (χ1v) is 5.86. The van der Waals surface area contributed by atoms with Gasteiger partial charge in [-0.2, -0.15) is 0 Å². The third-order valence-corrected chi connectivity index (χ3v) is 2.67. The fraction of sp³-hybridized carbons (Fsp3) is 0.429. The van der Waals surface area contributed by atoms with Gasteiger partial charge in [-0.1, -0.05) is 25.4 Å². The largest absolute Gasteiger partial charge is 0.496 e. The predicted molar refractivity (Wildman–Crippen MR) is 69.1 cm³/mol. The molecule has 0 fully saturated rings. The molecule has 1 nitrogen and oxygen atoms in total. The van der Waals surface area contributed by atoms with E-state index in [2.05, 4.69) is 25.7 Å². The number of rotatable bonds is 3. The van der Waals surface area contributed by atoms with Crippen molar-refractivity contribution in [1.29, 1.82) is 0 Å². The van der Waals surface area contributed by atoms with Crippen LogP contribution in [0.15, 0.2) is 18.2 Å². The molecule has 2 heteroatoms. The first-order chi connectivity index (χ1) is 7.69. The summed E-state index contributed by atoms with van der Waals surface area (Å²) in [5.74, 6) is 7.46. The second-order valence-corrected chi connectivity index (χ2v) is 4.13. The molecule has 1 aromatic rings. The molecule has 0 aliphatic heterocycles. The fourth-order valence-corrected chi connectivity index (χ4v) is 1.73. The van der Waals surface area contributed by atoms with Crippen molar-refractivity contribution < 1.29 is 4.74 Å². The Kier molecular flexibility index (Phi) is 5.22. The number of hydrogen-bond acceptors (Lipinski definition) is 1. The highest BCUT2D eigenvalue weighted by Crippen LogP contribution is 2.30. The molecule has 0 aromatic heterocycles. The van der Waals surface area contributed by atoms with Gasteiger partial charge in [0.15, 0.2) is 0 Å². The Labute approximate surface area is 103 Å². The zero-order valence-electron chi connectivity index (χ0n) is 10.0. The molecule has 1 atom stereocenters. The molecule has 0 amide bonds. The molecule has 86 valence electrons. The quantitative estimate of drug-likeness (QED) is 0.713. The minimum Gasteiger partial charge on any atom is -0.496 e. The lowest BCUT2D eigenvalue weighted by molar-refractivity contribution is 0.407. The van der Waals surface area contributed by atoms with Crippen molar-refractivity contribution in [2.24, 2.45) is 0 Å². The van der Waals surface area contributed by atoms with Crippen LogP contribution in [0.4, 0.5) is 0 Å². The van der Waals surface area contributed by atoms with Crippen LogP contribution in [-0.2, 0) is 0 Å². The van der Waals surface area contributed by atoms with Crippen LogP contribution in [0, 0.1) is 11.8 Å². The normalized spacial score (nSPS) is 11.5. The van der Waals surface area contributed by atoms with Crippen LogP contribution in [0.5, 0.6) is 5.75 Å². The molecule has 0 aliphatic rings. The second kappa shape index (κ2) is 6.45. The Morgan fingerprint density at radius 2 is 2.12 bits per heavy atom. The van der Waals surface area contributed by atoms with Gasteiger partial charge in [0.1, 0.15) is 5.75 Å². The average molecular weight is 237 g/mol. The van der Waals surface area contributed by atoms with Crippen LogP contribution in [-0.4, -0.2) is 7.11 Å². The van der Waals surface area contributed by atoms with Gasteiger partial charge >= 0.3 is 0 Å². The van der Waals surface area contributed by atoms with E-state index in [4.69, 9.17) is 16.3 Å². The lowest BCUT2D eigenvalue weighted by Gasteiger charge is -2.13. The van der Waals surface area contributed by atoms with Gasteiger partial charge in [-0.15, -0.1) is 11.8 Å². The molecule has 16 heavy (non-hydrogen) atoms. The third kappa shape index (κ3) is 3.47. The minimum absolute atomic E-state index is 0.340. The Hall–Kier alpha value is -1.13. The van der Waals surface area contributed by atoms with Gasteiger partial charge in [0.25, 0.3) is 0 Å². The first kappa shape index (κ1) is 12.9. The summed E-state index contributed by atoms with van der Waals surface area (Å²) in [5.41, 5.74) is 1.13. The third-order valence-electron chi connectivity index (χ3n) is 2.43. The van der Waals surface area contributed by atoms with E-state index in [-0.39, 0.29) is 0 Å². The molecule has 0 N–H and O–H groups in total. The van der Waals surface area contributed by atoms with E-state index in [0.717, 1.165) is 29.2 Å². The average Bonchev–Trinajstić information content (AvgIpc) is 2.29. The highest BCUT2D eigenvalue weighted by atomic mass is 35.5. The van der Waals surface area contributed by atoms with Gasteiger partial charge < -0.3 is 4.74 Å². The molecule has 1 unspecified atom stereocenters. The first-order valence-electron chi connectivity index (χ1n) is 5.48. The van der Waals surface area contributed by atoms with Crippen LogP contribution in [0.1, 0.15) is 38.2 Å². The van der Waals surface area contributed by atoms with Gasteiger partial charge in [-0.3, -0.25) is 0 Å². The Bertz CT molecular complexity index is 401. The monoisotopic (exact) mass is 236 g/mol. The van der Waals surface area contributed by atoms with E-state index in [1.54, 1.807) is 7.11 Å². The van der Waals surface area contributed by atoms with E-state index in [1.807, 2.05) is 18.2 Å². The zero-order chi connectivity index (χ0) is 12.0. The number of benzene rings is 1. The van der Waals surface area contributed by atoms with Gasteiger partial charge in [0, 0.05) is 17.9 Å². The summed E-state index contributed by atoms with van der Waals surface area (Å²) in [4.78, 5) is 0. The van der Waals surface area contributed by atoms with Crippen LogP contribution in [0.25, 0.3) is 0 Å². The van der Waals surface area contributed by atoms with Crippen LogP contribution >= 0.6 is 11.6 Å². The summed E-state index contributed by atoms with van der Waals surface area (Å²) in [5, 5.41) is 0.742. The topological polar surface area (TPSA) is 9.23 Å². The maximum Gasteiger partial charge on any atom is 0.122 e. The van der Waals surface area contributed by atoms with E-state index in [0.29, 0.717) is 5.92 Å². The molecule has 0 saturated carbocycles. The van der Waals surface area contributed by atoms with Crippen LogP contribution < -0.4 is 4.74 Å². The molecule has 0 bridgehead atoms. The minimum atomic E-state index is 0.340. The van der Waals surface area contributed by atoms with Crippen molar-refractivity contribution in [1.82, 2.24) is 0 Å². The van der Waals surface area contributed by atoms with Gasteiger partial charge in [0.2, 0.25) is 0 Å². The van der Waals surface area contributed by atoms with Crippen molar-refractivity contribution in [3.8, 4) is 17.6 Å². The summed E-state index contributed by atoms with van der Waals surface area (Å²) in [6, 6.07) is 5.70. The predicted octanol–water partition coefficient (Wildman–Crippen LogP) is 4.26. The van der Waals surface area contributed by atoms with Gasteiger partial charge in [-0.25, -0.2) is 0 Å². The highest BCUT2D eigenvalue weighted by molar-refractivity contribution is 6.30. The summed E-state index contributed by atoms with van der Waals surface area (Å²) in [7, 11) is 1.68. The maximum atomic E-state index is 5.99. The maximum absolute atomic E-state index is 5.99. The van der Waals surface area contributed by atoms with Crippen molar-refractivity contribution >= 4 is 11.6 Å². The summed E-state index contributed by atoms with van der Waals surface area (Å²) in [6.07, 6.45) is 1.74. The van der Waals surface area contributed by atoms with E-state index < -0.39 is 0 Å². The summed E-state index contributed by atoms with van der Waals surface area (Å²) < 4.78 is 5.32. The highest BCUT2D eigenvalue weighted by Gasteiger charge is 2.10. The SMILES string of the molecule is CCC#CCC(C)c1cc(Cl)ccc1OC. The molecular weight excluding hydrogens is 220 g/mol. The molecule has 1 aromatic carbocycles. The Morgan fingerprint density at radius 1 is 1.38 bits per heavy atom. The van der Waals surface area contributed by atoms with Crippen molar-refractivity contribution in [2.75, 3.05) is 7.11 Å². The fourth-order valence-electron chi connectivity index (χ4n) is 1.55. The molecule has 0 heterocycles. The van der Waals surface area contributed by atoms with Crippen LogP contribution in [0.2, 0.25) is 5.02 Å². The summed E-state index contributed by atoms with van der Waals surface area (Å²) in [6.45, 7) is 4.19. The molecule has 0 aliphatic carbocycles. The number of methoxy groups -OCH3 is 1. The van der Waals surface area contributed by atoms with E-state index in [9.17, 15) is 0 Å². The standard InChI is InChI=1S/C14H17ClO/c1-4-5-6-7-11(2)13-10-12(15)8-9-14(13)16-3/h8-11H,4,7H2,1-3H3. The number of hydrogen-bond donors (Lipinski definition) is 0. The lowest BCUT2D eigenvalue weighted by atomic mass is 9.97. The van der Waals surface area contributed by atoms with Crippen LogP contribution in [0.3, 0.4) is 0 Å². The molecule has 0 spiro atoms. The number of halogens is 1. The summed E-state index contributed by atoms with van der Waals surface area (Å²) >= 11 is 5.99. The Balaban J connectivity index is 2.88. The molecule has 0 radical (unpaired) electrons.